The van der Waals surface area contributed by atoms with Crippen molar-refractivity contribution in [3.8, 4) is 5.75 Å². The monoisotopic (exact) mass is 253 g/mol. The van der Waals surface area contributed by atoms with E-state index in [-0.39, 0.29) is 0 Å². The molecule has 4 nitrogen and oxygen atoms in total. The standard InChI is InChI=1S/C14H23NO3/c1-14(16,7-8-17-2)11-15-10-12-5-4-6-13(9-12)18-3/h4-6,9,15-16H,7-8,10-11H2,1-3H3. The lowest BCUT2D eigenvalue weighted by molar-refractivity contribution is 0.0247. The molecular formula is C14H23NO3. The van der Waals surface area contributed by atoms with Crippen molar-refractivity contribution in [1.82, 2.24) is 5.32 Å². The number of methoxy groups -OCH3 is 2. The van der Waals surface area contributed by atoms with E-state index in [1.807, 2.05) is 31.2 Å². The molecule has 18 heavy (non-hydrogen) atoms. The average molecular weight is 253 g/mol. The highest BCUT2D eigenvalue weighted by Crippen LogP contribution is 2.13. The molecule has 1 atom stereocenters. The molecule has 4 heteroatoms. The van der Waals surface area contributed by atoms with E-state index in [9.17, 15) is 5.11 Å². The van der Waals surface area contributed by atoms with Crippen LogP contribution in [0.5, 0.6) is 5.75 Å². The fourth-order valence-electron chi connectivity index (χ4n) is 1.67. The molecule has 0 heterocycles. The van der Waals surface area contributed by atoms with Crippen molar-refractivity contribution in [3.05, 3.63) is 29.8 Å². The molecule has 0 bridgehead atoms. The number of hydrogen-bond acceptors (Lipinski definition) is 4. The van der Waals surface area contributed by atoms with Crippen LogP contribution in [0.25, 0.3) is 0 Å². The number of rotatable bonds is 8. The molecule has 0 saturated heterocycles. The van der Waals surface area contributed by atoms with Gasteiger partial charge < -0.3 is 19.9 Å². The SMILES string of the molecule is COCCC(C)(O)CNCc1cccc(OC)c1. The third kappa shape index (κ3) is 5.49. The number of hydrogen-bond donors (Lipinski definition) is 2. The largest absolute Gasteiger partial charge is 0.497 e. The topological polar surface area (TPSA) is 50.7 Å². The van der Waals surface area contributed by atoms with E-state index in [0.29, 0.717) is 26.1 Å². The summed E-state index contributed by atoms with van der Waals surface area (Å²) in [6.45, 7) is 3.62. The third-order valence-corrected chi connectivity index (χ3v) is 2.81. The quantitative estimate of drug-likeness (QED) is 0.738. The molecule has 1 unspecified atom stereocenters. The van der Waals surface area contributed by atoms with Gasteiger partial charge in [0.1, 0.15) is 5.75 Å². The molecule has 1 rings (SSSR count). The Morgan fingerprint density at radius 2 is 2.11 bits per heavy atom. The predicted molar refractivity (Wildman–Crippen MR) is 71.8 cm³/mol. The van der Waals surface area contributed by atoms with Gasteiger partial charge in [0.05, 0.1) is 12.7 Å². The summed E-state index contributed by atoms with van der Waals surface area (Å²) in [4.78, 5) is 0. The Hall–Kier alpha value is -1.10. The van der Waals surface area contributed by atoms with Crippen LogP contribution in [0.4, 0.5) is 0 Å². The molecule has 1 aromatic carbocycles. The van der Waals surface area contributed by atoms with Crippen molar-refractivity contribution in [2.45, 2.75) is 25.5 Å². The number of nitrogens with one attached hydrogen (secondary N) is 1. The minimum atomic E-state index is -0.741. The van der Waals surface area contributed by atoms with Gasteiger partial charge in [-0.15, -0.1) is 0 Å². The van der Waals surface area contributed by atoms with Gasteiger partial charge in [-0.2, -0.15) is 0 Å². The number of benzene rings is 1. The molecule has 0 radical (unpaired) electrons. The number of aliphatic hydroxyl groups is 1. The Bertz CT molecular complexity index is 353. The van der Waals surface area contributed by atoms with Crippen LogP contribution in [0.2, 0.25) is 0 Å². The second kappa shape index (κ2) is 7.36. The van der Waals surface area contributed by atoms with E-state index in [2.05, 4.69) is 5.32 Å². The molecule has 102 valence electrons. The van der Waals surface area contributed by atoms with Crippen molar-refractivity contribution in [3.63, 3.8) is 0 Å². The lowest BCUT2D eigenvalue weighted by Gasteiger charge is -2.23. The molecule has 0 aliphatic heterocycles. The lowest BCUT2D eigenvalue weighted by Crippen LogP contribution is -2.38. The van der Waals surface area contributed by atoms with Crippen molar-refractivity contribution in [2.75, 3.05) is 27.4 Å². The van der Waals surface area contributed by atoms with Gasteiger partial charge in [0.15, 0.2) is 0 Å². The van der Waals surface area contributed by atoms with Crippen LogP contribution < -0.4 is 10.1 Å². The molecule has 0 amide bonds. The van der Waals surface area contributed by atoms with Crippen LogP contribution in [-0.2, 0) is 11.3 Å². The maximum atomic E-state index is 10.1. The fourth-order valence-corrected chi connectivity index (χ4v) is 1.67. The van der Waals surface area contributed by atoms with Crippen LogP contribution in [0.1, 0.15) is 18.9 Å². The van der Waals surface area contributed by atoms with E-state index in [0.717, 1.165) is 11.3 Å². The molecule has 0 aliphatic carbocycles. The van der Waals surface area contributed by atoms with Crippen molar-refractivity contribution >= 4 is 0 Å². The molecule has 0 spiro atoms. The Kier molecular flexibility index (Phi) is 6.12. The first kappa shape index (κ1) is 15.0. The van der Waals surface area contributed by atoms with Crippen LogP contribution in [-0.4, -0.2) is 38.1 Å². The molecule has 0 aliphatic rings. The Morgan fingerprint density at radius 1 is 1.33 bits per heavy atom. The summed E-state index contributed by atoms with van der Waals surface area (Å²) in [5, 5.41) is 13.3. The van der Waals surface area contributed by atoms with Gasteiger partial charge in [-0.3, -0.25) is 0 Å². The zero-order chi connectivity index (χ0) is 13.4. The van der Waals surface area contributed by atoms with Gasteiger partial charge in [0.25, 0.3) is 0 Å². The minimum Gasteiger partial charge on any atom is -0.497 e. The average Bonchev–Trinajstić information content (AvgIpc) is 2.36. The molecule has 2 N–H and O–H groups in total. The first-order valence-electron chi connectivity index (χ1n) is 6.12. The highest BCUT2D eigenvalue weighted by molar-refractivity contribution is 5.28. The van der Waals surface area contributed by atoms with Crippen LogP contribution in [0, 0.1) is 0 Å². The first-order valence-corrected chi connectivity index (χ1v) is 6.12. The summed E-state index contributed by atoms with van der Waals surface area (Å²) in [6.07, 6.45) is 0.620. The summed E-state index contributed by atoms with van der Waals surface area (Å²) in [5.41, 5.74) is 0.395. The molecule has 1 aromatic rings. The maximum absolute atomic E-state index is 10.1. The van der Waals surface area contributed by atoms with E-state index in [1.54, 1.807) is 14.2 Å². The van der Waals surface area contributed by atoms with Crippen LogP contribution >= 0.6 is 0 Å². The van der Waals surface area contributed by atoms with Crippen LogP contribution in [0.3, 0.4) is 0 Å². The highest BCUT2D eigenvalue weighted by Gasteiger charge is 2.18. The highest BCUT2D eigenvalue weighted by atomic mass is 16.5. The zero-order valence-electron chi connectivity index (χ0n) is 11.4. The van der Waals surface area contributed by atoms with E-state index in [4.69, 9.17) is 9.47 Å². The van der Waals surface area contributed by atoms with Gasteiger partial charge in [-0.1, -0.05) is 12.1 Å². The second-order valence-corrected chi connectivity index (χ2v) is 4.69. The van der Waals surface area contributed by atoms with Gasteiger partial charge in [-0.05, 0) is 24.6 Å². The van der Waals surface area contributed by atoms with Gasteiger partial charge in [-0.25, -0.2) is 0 Å². The Balaban J connectivity index is 2.36. The summed E-state index contributed by atoms with van der Waals surface area (Å²) in [7, 11) is 3.29. The smallest absolute Gasteiger partial charge is 0.119 e. The summed E-state index contributed by atoms with van der Waals surface area (Å²) >= 11 is 0. The summed E-state index contributed by atoms with van der Waals surface area (Å²) in [5.74, 6) is 0.848. The van der Waals surface area contributed by atoms with Gasteiger partial charge in [0.2, 0.25) is 0 Å². The number of ether oxygens (including phenoxy) is 2. The van der Waals surface area contributed by atoms with Gasteiger partial charge in [0, 0.05) is 33.2 Å². The first-order chi connectivity index (χ1) is 8.57. The van der Waals surface area contributed by atoms with E-state index in [1.165, 1.54) is 0 Å². The van der Waals surface area contributed by atoms with Crippen molar-refractivity contribution in [2.24, 2.45) is 0 Å². The maximum Gasteiger partial charge on any atom is 0.119 e. The molecule has 0 fully saturated rings. The second-order valence-electron chi connectivity index (χ2n) is 4.69. The van der Waals surface area contributed by atoms with Crippen molar-refractivity contribution in [1.29, 1.82) is 0 Å². The Morgan fingerprint density at radius 3 is 2.78 bits per heavy atom. The zero-order valence-corrected chi connectivity index (χ0v) is 11.4. The fraction of sp³-hybridized carbons (Fsp3) is 0.571. The van der Waals surface area contributed by atoms with Gasteiger partial charge >= 0.3 is 0 Å². The normalized spacial score (nSPS) is 14.2. The summed E-state index contributed by atoms with van der Waals surface area (Å²) in [6, 6.07) is 7.88. The van der Waals surface area contributed by atoms with Crippen molar-refractivity contribution < 1.29 is 14.6 Å². The van der Waals surface area contributed by atoms with Crippen LogP contribution in [0.15, 0.2) is 24.3 Å². The Labute approximate surface area is 109 Å². The minimum absolute atomic E-state index is 0.535. The third-order valence-electron chi connectivity index (χ3n) is 2.81. The predicted octanol–water partition coefficient (Wildman–Crippen LogP) is 1.57. The summed E-state index contributed by atoms with van der Waals surface area (Å²) < 4.78 is 10.1. The molecule has 0 aromatic heterocycles. The molecule has 0 saturated carbocycles. The lowest BCUT2D eigenvalue weighted by atomic mass is 10.0. The molecular weight excluding hydrogens is 230 g/mol. The van der Waals surface area contributed by atoms with E-state index < -0.39 is 5.60 Å². The van der Waals surface area contributed by atoms with E-state index >= 15 is 0 Å².